The maximum Gasteiger partial charge on any atom is 0.240 e. The van der Waals surface area contributed by atoms with Crippen molar-refractivity contribution in [3.8, 4) is 5.75 Å². The second kappa shape index (κ2) is 9.13. The van der Waals surface area contributed by atoms with Crippen LogP contribution in [0.3, 0.4) is 0 Å². The van der Waals surface area contributed by atoms with Gasteiger partial charge in [-0.2, -0.15) is 5.10 Å². The average molecular weight is 342 g/mol. The van der Waals surface area contributed by atoms with Crippen LogP contribution >= 0.6 is 11.8 Å². The number of rotatable bonds is 7. The lowest BCUT2D eigenvalue weighted by atomic mass is 10.1. The number of amides is 1. The summed E-state index contributed by atoms with van der Waals surface area (Å²) in [4.78, 5) is 13.0. The quantitative estimate of drug-likeness (QED) is 0.470. The van der Waals surface area contributed by atoms with E-state index in [1.165, 1.54) is 10.5 Å². The van der Waals surface area contributed by atoms with E-state index in [1.807, 2.05) is 31.2 Å². The summed E-state index contributed by atoms with van der Waals surface area (Å²) < 4.78 is 5.12. The highest BCUT2D eigenvalue weighted by molar-refractivity contribution is 7.99. The Kier molecular flexibility index (Phi) is 6.88. The molecule has 0 bridgehead atoms. The van der Waals surface area contributed by atoms with E-state index in [2.05, 4.69) is 41.7 Å². The number of ether oxygens (including phenoxy) is 1. The lowest BCUT2D eigenvalue weighted by Gasteiger charge is -2.05. The van der Waals surface area contributed by atoms with Crippen LogP contribution in [-0.2, 0) is 4.79 Å². The lowest BCUT2D eigenvalue weighted by Crippen LogP contribution is -2.19. The van der Waals surface area contributed by atoms with E-state index in [1.54, 1.807) is 18.9 Å². The molecular weight excluding hydrogens is 320 g/mol. The summed E-state index contributed by atoms with van der Waals surface area (Å²) >= 11 is 1.67. The molecule has 24 heavy (non-hydrogen) atoms. The first kappa shape index (κ1) is 18.1. The van der Waals surface area contributed by atoms with Crippen molar-refractivity contribution in [3.63, 3.8) is 0 Å². The SMILES string of the molecule is COc1ccc(/C(C)=N\NC(=O)CCSc2ccc(C)cc2)cc1. The second-order valence-corrected chi connectivity index (χ2v) is 6.54. The summed E-state index contributed by atoms with van der Waals surface area (Å²) in [6.07, 6.45) is 0.429. The zero-order valence-corrected chi connectivity index (χ0v) is 15.0. The number of hydrazone groups is 1. The van der Waals surface area contributed by atoms with Crippen LogP contribution in [0.15, 0.2) is 58.5 Å². The van der Waals surface area contributed by atoms with Crippen molar-refractivity contribution in [2.24, 2.45) is 5.10 Å². The average Bonchev–Trinajstić information content (AvgIpc) is 2.61. The molecule has 0 aliphatic heterocycles. The van der Waals surface area contributed by atoms with E-state index >= 15 is 0 Å². The van der Waals surface area contributed by atoms with E-state index in [0.29, 0.717) is 6.42 Å². The molecule has 0 aromatic heterocycles. The first-order chi connectivity index (χ1) is 11.6. The summed E-state index contributed by atoms with van der Waals surface area (Å²) in [5, 5.41) is 4.15. The van der Waals surface area contributed by atoms with Crippen LogP contribution in [0.4, 0.5) is 0 Å². The molecule has 0 fully saturated rings. The normalized spacial score (nSPS) is 11.2. The number of thioether (sulfide) groups is 1. The number of hydrogen-bond acceptors (Lipinski definition) is 4. The largest absolute Gasteiger partial charge is 0.497 e. The Morgan fingerprint density at radius 3 is 2.42 bits per heavy atom. The van der Waals surface area contributed by atoms with Gasteiger partial charge in [0.15, 0.2) is 0 Å². The third-order valence-corrected chi connectivity index (χ3v) is 4.49. The smallest absolute Gasteiger partial charge is 0.240 e. The predicted octanol–water partition coefficient (Wildman–Crippen LogP) is 4.03. The molecule has 2 aromatic rings. The van der Waals surface area contributed by atoms with Gasteiger partial charge in [-0.25, -0.2) is 5.43 Å². The number of methoxy groups -OCH3 is 1. The van der Waals surface area contributed by atoms with E-state index in [9.17, 15) is 4.79 Å². The molecule has 2 rings (SSSR count). The zero-order valence-electron chi connectivity index (χ0n) is 14.2. The van der Waals surface area contributed by atoms with Crippen LogP contribution in [0, 0.1) is 6.92 Å². The molecule has 1 amide bonds. The Bertz CT molecular complexity index is 694. The van der Waals surface area contributed by atoms with Gasteiger partial charge in [0.1, 0.15) is 5.75 Å². The van der Waals surface area contributed by atoms with Crippen LogP contribution in [0.1, 0.15) is 24.5 Å². The van der Waals surface area contributed by atoms with Crippen LogP contribution in [0.5, 0.6) is 5.75 Å². The minimum absolute atomic E-state index is 0.0810. The van der Waals surface area contributed by atoms with Crippen molar-refractivity contribution in [2.75, 3.05) is 12.9 Å². The third kappa shape index (κ3) is 5.74. The van der Waals surface area contributed by atoms with Gasteiger partial charge in [-0.3, -0.25) is 4.79 Å². The fraction of sp³-hybridized carbons (Fsp3) is 0.263. The van der Waals surface area contributed by atoms with Crippen LogP contribution in [-0.4, -0.2) is 24.5 Å². The molecule has 0 unspecified atom stereocenters. The molecule has 0 saturated carbocycles. The zero-order chi connectivity index (χ0) is 17.4. The highest BCUT2D eigenvalue weighted by Crippen LogP contribution is 2.18. The standard InChI is InChI=1S/C19H22N2O2S/c1-14-4-10-18(11-5-14)24-13-12-19(22)21-20-15(2)16-6-8-17(23-3)9-7-16/h4-11H,12-13H2,1-3H3,(H,21,22)/b20-15-. The molecule has 5 heteroatoms. The number of nitrogens with zero attached hydrogens (tertiary/aromatic N) is 1. The van der Waals surface area contributed by atoms with Crippen molar-refractivity contribution < 1.29 is 9.53 Å². The van der Waals surface area contributed by atoms with Gasteiger partial charge in [-0.1, -0.05) is 17.7 Å². The van der Waals surface area contributed by atoms with E-state index < -0.39 is 0 Å². The lowest BCUT2D eigenvalue weighted by molar-refractivity contribution is -0.120. The van der Waals surface area contributed by atoms with Crippen molar-refractivity contribution in [2.45, 2.75) is 25.2 Å². The molecule has 1 N–H and O–H groups in total. The monoisotopic (exact) mass is 342 g/mol. The third-order valence-electron chi connectivity index (χ3n) is 3.47. The topological polar surface area (TPSA) is 50.7 Å². The van der Waals surface area contributed by atoms with E-state index in [0.717, 1.165) is 22.8 Å². The first-order valence-electron chi connectivity index (χ1n) is 7.75. The van der Waals surface area contributed by atoms with Crippen molar-refractivity contribution >= 4 is 23.4 Å². The summed E-state index contributed by atoms with van der Waals surface area (Å²) in [5.74, 6) is 1.44. The molecule has 126 valence electrons. The van der Waals surface area contributed by atoms with Crippen LogP contribution in [0.25, 0.3) is 0 Å². The minimum Gasteiger partial charge on any atom is -0.497 e. The Morgan fingerprint density at radius 1 is 1.12 bits per heavy atom. The maximum absolute atomic E-state index is 11.9. The van der Waals surface area contributed by atoms with Gasteiger partial charge in [0.05, 0.1) is 12.8 Å². The molecule has 0 aliphatic carbocycles. The minimum atomic E-state index is -0.0810. The molecule has 2 aromatic carbocycles. The van der Waals surface area contributed by atoms with Crippen molar-refractivity contribution in [1.29, 1.82) is 0 Å². The van der Waals surface area contributed by atoms with Gasteiger partial charge in [-0.05, 0) is 55.8 Å². The Labute approximate surface area is 147 Å². The van der Waals surface area contributed by atoms with Gasteiger partial charge in [0.2, 0.25) is 5.91 Å². The number of hydrogen-bond donors (Lipinski definition) is 1. The van der Waals surface area contributed by atoms with E-state index in [4.69, 9.17) is 4.74 Å². The Hall–Kier alpha value is -2.27. The number of carbonyl (C=O) groups excluding carboxylic acids is 1. The summed E-state index contributed by atoms with van der Waals surface area (Å²) in [6.45, 7) is 3.92. The fourth-order valence-electron chi connectivity index (χ4n) is 1.99. The molecule has 0 heterocycles. The van der Waals surface area contributed by atoms with Crippen molar-refractivity contribution in [1.82, 2.24) is 5.43 Å². The molecule has 0 aliphatic rings. The second-order valence-electron chi connectivity index (χ2n) is 5.37. The van der Waals surface area contributed by atoms with Gasteiger partial charge >= 0.3 is 0 Å². The molecule has 4 nitrogen and oxygen atoms in total. The first-order valence-corrected chi connectivity index (χ1v) is 8.74. The van der Waals surface area contributed by atoms with Crippen molar-refractivity contribution in [3.05, 3.63) is 59.7 Å². The number of aryl methyl sites for hydroxylation is 1. The van der Waals surface area contributed by atoms with Gasteiger partial charge in [-0.15, -0.1) is 11.8 Å². The van der Waals surface area contributed by atoms with Crippen LogP contribution < -0.4 is 10.2 Å². The predicted molar refractivity (Wildman–Crippen MR) is 99.9 cm³/mol. The van der Waals surface area contributed by atoms with Crippen LogP contribution in [0.2, 0.25) is 0 Å². The Balaban J connectivity index is 1.77. The molecule has 0 atom stereocenters. The Morgan fingerprint density at radius 2 is 1.79 bits per heavy atom. The van der Waals surface area contributed by atoms with Gasteiger partial charge in [0.25, 0.3) is 0 Å². The maximum atomic E-state index is 11.9. The highest BCUT2D eigenvalue weighted by atomic mass is 32.2. The molecular formula is C19H22N2O2S. The van der Waals surface area contributed by atoms with Gasteiger partial charge < -0.3 is 4.74 Å². The summed E-state index contributed by atoms with van der Waals surface area (Å²) in [5.41, 5.74) is 5.56. The summed E-state index contributed by atoms with van der Waals surface area (Å²) in [7, 11) is 1.63. The highest BCUT2D eigenvalue weighted by Gasteiger charge is 2.03. The number of nitrogens with one attached hydrogen (secondary N) is 1. The van der Waals surface area contributed by atoms with Gasteiger partial charge in [0, 0.05) is 17.1 Å². The molecule has 0 saturated heterocycles. The fourth-order valence-corrected chi connectivity index (χ4v) is 2.85. The summed E-state index contributed by atoms with van der Waals surface area (Å²) in [6, 6.07) is 15.9. The number of carbonyl (C=O) groups is 1. The number of benzene rings is 2. The molecule has 0 spiro atoms. The van der Waals surface area contributed by atoms with E-state index in [-0.39, 0.29) is 5.91 Å². The molecule has 0 radical (unpaired) electrons.